The van der Waals surface area contributed by atoms with E-state index in [9.17, 15) is 4.79 Å². The lowest BCUT2D eigenvalue weighted by atomic mass is 10.2. The third-order valence-electron chi connectivity index (χ3n) is 2.48. The van der Waals surface area contributed by atoms with Gasteiger partial charge in [-0.3, -0.25) is 10.2 Å². The minimum Gasteiger partial charge on any atom is -0.480 e. The summed E-state index contributed by atoms with van der Waals surface area (Å²) in [4.78, 5) is 10.2. The average Bonchev–Trinajstić information content (AvgIpc) is 2.18. The van der Waals surface area contributed by atoms with Crippen LogP contribution in [-0.2, 0) is 14.3 Å². The van der Waals surface area contributed by atoms with Gasteiger partial charge in [-0.05, 0) is 25.7 Å². The Bertz CT molecular complexity index is 252. The van der Waals surface area contributed by atoms with E-state index in [1.54, 1.807) is 0 Å². The van der Waals surface area contributed by atoms with Gasteiger partial charge in [0.1, 0.15) is 6.04 Å². The molecule has 0 amide bonds. The van der Waals surface area contributed by atoms with E-state index in [0.717, 1.165) is 26.4 Å². The molecular weight excluding hydrogens is 264 g/mol. The smallest absolute Gasteiger partial charge is 0.320 e. The van der Waals surface area contributed by atoms with Crippen LogP contribution in [0.1, 0.15) is 25.7 Å². The van der Waals surface area contributed by atoms with E-state index in [0.29, 0.717) is 19.4 Å². The van der Waals surface area contributed by atoms with Crippen molar-refractivity contribution in [2.75, 3.05) is 33.0 Å². The highest BCUT2D eigenvalue weighted by Gasteiger charge is 2.09. The second-order valence-electron chi connectivity index (χ2n) is 4.36. The van der Waals surface area contributed by atoms with Gasteiger partial charge in [0.05, 0.1) is 0 Å². The van der Waals surface area contributed by atoms with Crippen molar-refractivity contribution < 1.29 is 19.4 Å². The molecule has 2 aliphatic rings. The zero-order chi connectivity index (χ0) is 15.2. The minimum absolute atomic E-state index is 0.112. The van der Waals surface area contributed by atoms with Crippen molar-refractivity contribution >= 4 is 11.9 Å². The van der Waals surface area contributed by atoms with Gasteiger partial charge >= 0.3 is 5.97 Å². The molecule has 7 N–H and O–H groups in total. The van der Waals surface area contributed by atoms with Crippen LogP contribution in [0, 0.1) is 5.41 Å². The first kappa shape index (κ1) is 18.6. The second kappa shape index (κ2) is 12.6. The van der Waals surface area contributed by atoms with E-state index in [4.69, 9.17) is 31.5 Å². The van der Waals surface area contributed by atoms with Crippen LogP contribution in [0.15, 0.2) is 0 Å². The summed E-state index contributed by atoms with van der Waals surface area (Å²) >= 11 is 0. The van der Waals surface area contributed by atoms with Crippen molar-refractivity contribution in [3.8, 4) is 0 Å². The Kier molecular flexibility index (Phi) is 11.8. The zero-order valence-corrected chi connectivity index (χ0v) is 11.8. The summed E-state index contributed by atoms with van der Waals surface area (Å²) in [5, 5.41) is 17.7. The maximum atomic E-state index is 10.2. The molecule has 8 nitrogen and oxygen atoms in total. The van der Waals surface area contributed by atoms with Crippen LogP contribution >= 0.6 is 0 Å². The Morgan fingerprint density at radius 1 is 1.25 bits per heavy atom. The molecule has 0 bridgehead atoms. The van der Waals surface area contributed by atoms with Gasteiger partial charge in [-0.25, -0.2) is 0 Å². The van der Waals surface area contributed by atoms with Crippen molar-refractivity contribution in [1.82, 2.24) is 5.32 Å². The summed E-state index contributed by atoms with van der Waals surface area (Å²) < 4.78 is 9.44. The largest absolute Gasteiger partial charge is 0.480 e. The van der Waals surface area contributed by atoms with Crippen molar-refractivity contribution in [3.05, 3.63) is 0 Å². The molecule has 2 rings (SSSR count). The van der Waals surface area contributed by atoms with Gasteiger partial charge < -0.3 is 31.4 Å². The Morgan fingerprint density at radius 2 is 1.65 bits per heavy atom. The number of hydrogen-bond acceptors (Lipinski definition) is 5. The predicted molar refractivity (Wildman–Crippen MR) is 75.6 cm³/mol. The molecule has 118 valence electrons. The normalized spacial score (nSPS) is 16.9. The molecule has 0 aromatic rings. The first-order chi connectivity index (χ1) is 9.54. The maximum absolute atomic E-state index is 10.2. The molecule has 0 saturated carbocycles. The predicted octanol–water partition coefficient (Wildman–Crippen LogP) is -0.525. The number of guanidine groups is 1. The standard InChI is InChI=1S/C6H14N4O2.2C3H6O/c7-4(5(11)12)2-1-3-10-6(8)9;2*1-2-4-3-1/h4H,1-3,7H2,(H,11,12)(H4,8,9,10);2*1-3H2. The van der Waals surface area contributed by atoms with E-state index >= 15 is 0 Å². The van der Waals surface area contributed by atoms with Crippen LogP contribution in [0.25, 0.3) is 0 Å². The summed E-state index contributed by atoms with van der Waals surface area (Å²) in [6, 6.07) is -0.821. The van der Waals surface area contributed by atoms with E-state index in [1.165, 1.54) is 12.8 Å². The van der Waals surface area contributed by atoms with Crippen molar-refractivity contribution in [1.29, 1.82) is 5.41 Å². The fourth-order valence-electron chi connectivity index (χ4n) is 0.957. The molecule has 8 heteroatoms. The summed E-state index contributed by atoms with van der Waals surface area (Å²) in [6.45, 7) is 4.48. The topological polar surface area (TPSA) is 144 Å². The molecule has 1 atom stereocenters. The Labute approximate surface area is 119 Å². The van der Waals surface area contributed by atoms with Gasteiger partial charge in [0.15, 0.2) is 5.96 Å². The fourth-order valence-corrected chi connectivity index (χ4v) is 0.957. The third-order valence-corrected chi connectivity index (χ3v) is 2.48. The van der Waals surface area contributed by atoms with Crippen LogP contribution in [-0.4, -0.2) is 56.0 Å². The summed E-state index contributed by atoms with van der Waals surface area (Å²) in [5.41, 5.74) is 10.2. The van der Waals surface area contributed by atoms with E-state index in [-0.39, 0.29) is 5.96 Å². The van der Waals surface area contributed by atoms with Gasteiger partial charge in [-0.2, -0.15) is 0 Å². The number of ether oxygens (including phenoxy) is 2. The van der Waals surface area contributed by atoms with Crippen molar-refractivity contribution in [2.45, 2.75) is 31.7 Å². The lowest BCUT2D eigenvalue weighted by molar-refractivity contribution is -0.138. The van der Waals surface area contributed by atoms with Crippen LogP contribution in [0.5, 0.6) is 0 Å². The van der Waals surface area contributed by atoms with Crippen LogP contribution in [0.2, 0.25) is 0 Å². The molecule has 2 fully saturated rings. The monoisotopic (exact) mass is 290 g/mol. The van der Waals surface area contributed by atoms with E-state index < -0.39 is 12.0 Å². The maximum Gasteiger partial charge on any atom is 0.320 e. The number of nitrogens with one attached hydrogen (secondary N) is 2. The second-order valence-corrected chi connectivity index (χ2v) is 4.36. The highest BCUT2D eigenvalue weighted by molar-refractivity contribution is 5.74. The van der Waals surface area contributed by atoms with Crippen LogP contribution in [0.4, 0.5) is 0 Å². The molecule has 0 aromatic carbocycles. The average molecular weight is 290 g/mol. The SMILES string of the molecule is C1COC1.C1COC1.N=C(N)NCCCC(N)C(=O)O. The van der Waals surface area contributed by atoms with E-state index in [1.807, 2.05) is 0 Å². The fraction of sp³-hybridized carbons (Fsp3) is 0.833. The van der Waals surface area contributed by atoms with E-state index in [2.05, 4.69) is 5.32 Å². The minimum atomic E-state index is -1.00. The van der Waals surface area contributed by atoms with Crippen LogP contribution in [0.3, 0.4) is 0 Å². The molecule has 0 spiro atoms. The molecule has 2 heterocycles. The van der Waals surface area contributed by atoms with Crippen molar-refractivity contribution in [3.63, 3.8) is 0 Å². The number of carbonyl (C=O) groups is 1. The number of carboxylic acids is 1. The molecule has 0 radical (unpaired) electrons. The highest BCUT2D eigenvalue weighted by Crippen LogP contribution is 1.93. The summed E-state index contributed by atoms with van der Waals surface area (Å²) in [5.74, 6) is -1.11. The van der Waals surface area contributed by atoms with Crippen LogP contribution < -0.4 is 16.8 Å². The van der Waals surface area contributed by atoms with Gasteiger partial charge in [-0.1, -0.05) is 0 Å². The number of rotatable bonds is 5. The number of aliphatic carboxylic acids is 1. The summed E-state index contributed by atoms with van der Waals surface area (Å²) in [7, 11) is 0. The number of hydrogen-bond donors (Lipinski definition) is 5. The summed E-state index contributed by atoms with van der Waals surface area (Å²) in [6.07, 6.45) is 3.53. The molecule has 0 aliphatic carbocycles. The molecule has 2 aliphatic heterocycles. The molecule has 2 saturated heterocycles. The lowest BCUT2D eigenvalue weighted by Gasteiger charge is -2.09. The quantitative estimate of drug-likeness (QED) is 0.260. The zero-order valence-electron chi connectivity index (χ0n) is 11.8. The van der Waals surface area contributed by atoms with Gasteiger partial charge in [0, 0.05) is 33.0 Å². The Balaban J connectivity index is 0.000000356. The number of carboxylic acid groups (broad SMARTS) is 1. The molecule has 20 heavy (non-hydrogen) atoms. The lowest BCUT2D eigenvalue weighted by Crippen LogP contribution is -2.34. The first-order valence-corrected chi connectivity index (χ1v) is 6.75. The highest BCUT2D eigenvalue weighted by atomic mass is 16.5. The molecule has 1 unspecified atom stereocenters. The van der Waals surface area contributed by atoms with Gasteiger partial charge in [0.2, 0.25) is 0 Å². The molecule has 0 aromatic heterocycles. The van der Waals surface area contributed by atoms with Gasteiger partial charge in [-0.15, -0.1) is 0 Å². The van der Waals surface area contributed by atoms with Crippen molar-refractivity contribution in [2.24, 2.45) is 11.5 Å². The van der Waals surface area contributed by atoms with Gasteiger partial charge in [0.25, 0.3) is 0 Å². The third kappa shape index (κ3) is 13.1. The Morgan fingerprint density at radius 3 is 1.90 bits per heavy atom. The Hall–Kier alpha value is -1.38. The first-order valence-electron chi connectivity index (χ1n) is 6.75. The number of nitrogens with two attached hydrogens (primary N) is 2. The molecular formula is C12H26N4O4.